The summed E-state index contributed by atoms with van der Waals surface area (Å²) in [4.78, 5) is 0. The van der Waals surface area contributed by atoms with E-state index in [9.17, 15) is 0 Å². The Morgan fingerprint density at radius 2 is 1.55 bits per heavy atom. The summed E-state index contributed by atoms with van der Waals surface area (Å²) >= 11 is 0. The molecule has 0 amide bonds. The van der Waals surface area contributed by atoms with E-state index in [0.717, 1.165) is 5.92 Å². The molecule has 1 aromatic rings. The Balaban J connectivity index is 2.18. The molecule has 2 atom stereocenters. The predicted octanol–water partition coefficient (Wildman–Crippen LogP) is 6.77. The average molecular weight is 302 g/mol. The zero-order chi connectivity index (χ0) is 16.2. The fourth-order valence-corrected chi connectivity index (χ4v) is 2.99. The highest BCUT2D eigenvalue weighted by Gasteiger charge is 2.13. The molecule has 1 heteroatoms. The maximum Gasteiger partial charge on any atom is 0.0337 e. The van der Waals surface area contributed by atoms with Crippen molar-refractivity contribution >= 4 is 5.69 Å². The summed E-state index contributed by atoms with van der Waals surface area (Å²) in [5, 5.41) is 3.18. The zero-order valence-electron chi connectivity index (χ0n) is 14.9. The quantitative estimate of drug-likeness (QED) is 0.331. The van der Waals surface area contributed by atoms with Crippen LogP contribution in [-0.4, -0.2) is 7.05 Å². The Hall–Kier alpha value is -1.24. The van der Waals surface area contributed by atoms with E-state index in [0.29, 0.717) is 5.92 Å². The number of nitrogens with one attached hydrogen (secondary N) is 1. The number of anilines is 1. The van der Waals surface area contributed by atoms with Crippen molar-refractivity contribution in [2.45, 2.75) is 71.1 Å². The topological polar surface area (TPSA) is 12.0 Å². The maximum atomic E-state index is 3.77. The number of hydrogen-bond acceptors (Lipinski definition) is 1. The van der Waals surface area contributed by atoms with E-state index in [2.05, 4.69) is 50.0 Å². The number of allylic oxidation sites excluding steroid dienone is 1. The lowest BCUT2D eigenvalue weighted by molar-refractivity contribution is 0.425. The van der Waals surface area contributed by atoms with Crippen LogP contribution in [0.3, 0.4) is 0 Å². The standard InChI is InChI=1S/C21H35N/c1-5-6-7-8-9-10-11-12-13-18(2)19(3)20-14-16-21(22-4)17-15-20/h5,14-19,22H,1,6-13H2,2-4H3. The molecule has 0 aliphatic carbocycles. The predicted molar refractivity (Wildman–Crippen MR) is 101 cm³/mol. The summed E-state index contributed by atoms with van der Waals surface area (Å²) in [6, 6.07) is 8.91. The molecule has 1 N–H and O–H groups in total. The Morgan fingerprint density at radius 3 is 2.14 bits per heavy atom. The summed E-state index contributed by atoms with van der Waals surface area (Å²) in [6.45, 7) is 8.55. The van der Waals surface area contributed by atoms with Crippen LogP contribution in [0.2, 0.25) is 0 Å². The lowest BCUT2D eigenvalue weighted by Crippen LogP contribution is -2.06. The Morgan fingerprint density at radius 1 is 0.955 bits per heavy atom. The molecule has 22 heavy (non-hydrogen) atoms. The van der Waals surface area contributed by atoms with E-state index in [1.807, 2.05) is 13.1 Å². The molecular formula is C21H35N. The number of rotatable bonds is 12. The van der Waals surface area contributed by atoms with Gasteiger partial charge >= 0.3 is 0 Å². The van der Waals surface area contributed by atoms with Crippen LogP contribution in [0.1, 0.15) is 76.7 Å². The van der Waals surface area contributed by atoms with Gasteiger partial charge in [0.2, 0.25) is 0 Å². The van der Waals surface area contributed by atoms with Crippen molar-refractivity contribution in [2.75, 3.05) is 12.4 Å². The molecule has 0 aliphatic heterocycles. The van der Waals surface area contributed by atoms with Crippen molar-refractivity contribution < 1.29 is 0 Å². The van der Waals surface area contributed by atoms with E-state index >= 15 is 0 Å². The van der Waals surface area contributed by atoms with Gasteiger partial charge < -0.3 is 5.32 Å². The lowest BCUT2D eigenvalue weighted by Gasteiger charge is -2.20. The normalized spacial score (nSPS) is 13.6. The summed E-state index contributed by atoms with van der Waals surface area (Å²) in [6.07, 6.45) is 12.8. The molecule has 0 radical (unpaired) electrons. The third-order valence-electron chi connectivity index (χ3n) is 4.90. The summed E-state index contributed by atoms with van der Waals surface area (Å²) in [5.41, 5.74) is 2.66. The number of benzene rings is 1. The highest BCUT2D eigenvalue weighted by molar-refractivity contribution is 5.44. The van der Waals surface area contributed by atoms with Gasteiger partial charge in [0.25, 0.3) is 0 Å². The zero-order valence-corrected chi connectivity index (χ0v) is 14.9. The van der Waals surface area contributed by atoms with Crippen LogP contribution in [0.4, 0.5) is 5.69 Å². The highest BCUT2D eigenvalue weighted by atomic mass is 14.8. The minimum absolute atomic E-state index is 0.651. The second kappa shape index (κ2) is 11.3. The number of hydrogen-bond donors (Lipinski definition) is 1. The van der Waals surface area contributed by atoms with E-state index in [1.165, 1.54) is 62.6 Å². The molecule has 0 bridgehead atoms. The minimum atomic E-state index is 0.651. The van der Waals surface area contributed by atoms with Gasteiger partial charge in [0.1, 0.15) is 0 Å². The first kappa shape index (κ1) is 18.8. The molecule has 1 rings (SSSR count). The van der Waals surface area contributed by atoms with Gasteiger partial charge in [0.05, 0.1) is 0 Å². The molecule has 0 saturated heterocycles. The van der Waals surface area contributed by atoms with Crippen molar-refractivity contribution in [3.8, 4) is 0 Å². The van der Waals surface area contributed by atoms with Crippen molar-refractivity contribution in [3.63, 3.8) is 0 Å². The average Bonchev–Trinajstić information content (AvgIpc) is 2.56. The molecule has 0 saturated carbocycles. The second-order valence-electron chi connectivity index (χ2n) is 6.63. The molecular weight excluding hydrogens is 266 g/mol. The minimum Gasteiger partial charge on any atom is -0.388 e. The van der Waals surface area contributed by atoms with Crippen LogP contribution in [0.15, 0.2) is 36.9 Å². The number of unbranched alkanes of at least 4 members (excludes halogenated alkanes) is 6. The van der Waals surface area contributed by atoms with Crippen LogP contribution < -0.4 is 5.32 Å². The molecule has 124 valence electrons. The van der Waals surface area contributed by atoms with Gasteiger partial charge in [0, 0.05) is 12.7 Å². The van der Waals surface area contributed by atoms with Gasteiger partial charge in [-0.3, -0.25) is 0 Å². The first-order valence-electron chi connectivity index (χ1n) is 9.07. The molecule has 2 unspecified atom stereocenters. The van der Waals surface area contributed by atoms with Gasteiger partial charge in [0.15, 0.2) is 0 Å². The second-order valence-corrected chi connectivity index (χ2v) is 6.63. The fraction of sp³-hybridized carbons (Fsp3) is 0.619. The van der Waals surface area contributed by atoms with Crippen molar-refractivity contribution in [1.82, 2.24) is 0 Å². The molecule has 0 aromatic heterocycles. The van der Waals surface area contributed by atoms with Gasteiger partial charge in [-0.15, -0.1) is 6.58 Å². The van der Waals surface area contributed by atoms with Crippen molar-refractivity contribution in [1.29, 1.82) is 0 Å². The van der Waals surface area contributed by atoms with Gasteiger partial charge in [-0.2, -0.15) is 0 Å². The first-order chi connectivity index (χ1) is 10.7. The molecule has 0 heterocycles. The van der Waals surface area contributed by atoms with E-state index < -0.39 is 0 Å². The monoisotopic (exact) mass is 301 g/mol. The lowest BCUT2D eigenvalue weighted by atomic mass is 9.85. The first-order valence-corrected chi connectivity index (χ1v) is 9.07. The molecule has 1 nitrogen and oxygen atoms in total. The largest absolute Gasteiger partial charge is 0.388 e. The van der Waals surface area contributed by atoms with Crippen molar-refractivity contribution in [2.24, 2.45) is 5.92 Å². The summed E-state index contributed by atoms with van der Waals surface area (Å²) in [7, 11) is 1.97. The SMILES string of the molecule is C=CCCCCCCCCC(C)C(C)c1ccc(NC)cc1. The summed E-state index contributed by atoms with van der Waals surface area (Å²) in [5.74, 6) is 1.42. The third-order valence-corrected chi connectivity index (χ3v) is 4.90. The maximum absolute atomic E-state index is 3.77. The van der Waals surface area contributed by atoms with Crippen LogP contribution in [-0.2, 0) is 0 Å². The van der Waals surface area contributed by atoms with Gasteiger partial charge in [-0.1, -0.05) is 70.6 Å². The Kier molecular flexibility index (Phi) is 9.70. The Labute approximate surface area is 138 Å². The van der Waals surface area contributed by atoms with E-state index in [-0.39, 0.29) is 0 Å². The highest BCUT2D eigenvalue weighted by Crippen LogP contribution is 2.29. The molecule has 1 aromatic carbocycles. The smallest absolute Gasteiger partial charge is 0.0337 e. The third kappa shape index (κ3) is 7.15. The van der Waals surface area contributed by atoms with Crippen LogP contribution in [0.25, 0.3) is 0 Å². The van der Waals surface area contributed by atoms with Crippen LogP contribution in [0, 0.1) is 5.92 Å². The summed E-state index contributed by atoms with van der Waals surface area (Å²) < 4.78 is 0. The van der Waals surface area contributed by atoms with E-state index in [4.69, 9.17) is 0 Å². The van der Waals surface area contributed by atoms with Crippen LogP contribution >= 0.6 is 0 Å². The van der Waals surface area contributed by atoms with Crippen molar-refractivity contribution in [3.05, 3.63) is 42.5 Å². The van der Waals surface area contributed by atoms with E-state index in [1.54, 1.807) is 0 Å². The van der Waals surface area contributed by atoms with Gasteiger partial charge in [-0.05, 0) is 42.4 Å². The molecule has 0 spiro atoms. The Bertz CT molecular complexity index is 393. The molecule has 0 aliphatic rings. The van der Waals surface area contributed by atoms with Crippen LogP contribution in [0.5, 0.6) is 0 Å². The van der Waals surface area contributed by atoms with Gasteiger partial charge in [-0.25, -0.2) is 0 Å². The fourth-order valence-electron chi connectivity index (χ4n) is 2.99. The molecule has 0 fully saturated rings.